The van der Waals surface area contributed by atoms with Gasteiger partial charge in [-0.1, -0.05) is 12.1 Å². The summed E-state index contributed by atoms with van der Waals surface area (Å²) in [6.45, 7) is 4.02. The SMILES string of the molecule is CCCONC(=O)c1ncnc2c1nnn2C[C@@H](C)OCP(=O)(O)O. The highest BCUT2D eigenvalue weighted by atomic mass is 31.2. The Balaban J connectivity index is 2.12. The van der Waals surface area contributed by atoms with E-state index in [1.54, 1.807) is 6.92 Å². The first-order chi connectivity index (χ1) is 11.8. The van der Waals surface area contributed by atoms with Crippen LogP contribution in [0.2, 0.25) is 0 Å². The molecule has 0 unspecified atom stereocenters. The van der Waals surface area contributed by atoms with Gasteiger partial charge in [-0.3, -0.25) is 14.2 Å². The molecule has 0 bridgehead atoms. The second-order valence-corrected chi connectivity index (χ2v) is 6.80. The summed E-state index contributed by atoms with van der Waals surface area (Å²) >= 11 is 0. The van der Waals surface area contributed by atoms with E-state index >= 15 is 0 Å². The molecule has 1 atom stereocenters. The van der Waals surface area contributed by atoms with Gasteiger partial charge in [-0.15, -0.1) is 5.10 Å². The molecule has 2 heterocycles. The van der Waals surface area contributed by atoms with Crippen molar-refractivity contribution in [1.82, 2.24) is 30.4 Å². The Morgan fingerprint density at radius 3 is 2.88 bits per heavy atom. The van der Waals surface area contributed by atoms with Gasteiger partial charge in [0, 0.05) is 0 Å². The zero-order chi connectivity index (χ0) is 18.4. The van der Waals surface area contributed by atoms with Gasteiger partial charge in [0.25, 0.3) is 5.91 Å². The summed E-state index contributed by atoms with van der Waals surface area (Å²) in [5.74, 6) is -0.571. The minimum Gasteiger partial charge on any atom is -0.364 e. The molecule has 0 saturated carbocycles. The number of carbonyl (C=O) groups is 1. The third-order valence-electron chi connectivity index (χ3n) is 2.94. The summed E-state index contributed by atoms with van der Waals surface area (Å²) in [5, 5.41) is 7.78. The van der Waals surface area contributed by atoms with Crippen molar-refractivity contribution >= 4 is 24.7 Å². The minimum absolute atomic E-state index is 0.0103. The predicted octanol–water partition coefficient (Wildman–Crippen LogP) is -0.167. The standard InChI is InChI=1S/C12H19N6O6P/c1-3-4-24-16-12(19)10-9-11(14-6-13-10)18(17-15-9)5-8(2)23-7-25(20,21)22/h6,8H,3-5,7H2,1-2H3,(H,16,19)(H2,20,21,22)/t8-/m1/s1. The molecule has 25 heavy (non-hydrogen) atoms. The van der Waals surface area contributed by atoms with E-state index in [0.29, 0.717) is 12.3 Å². The number of hydrogen-bond acceptors (Lipinski definition) is 8. The van der Waals surface area contributed by atoms with Crippen LogP contribution >= 0.6 is 7.60 Å². The van der Waals surface area contributed by atoms with Crippen LogP contribution < -0.4 is 5.48 Å². The van der Waals surface area contributed by atoms with Crippen LogP contribution in [-0.4, -0.2) is 59.7 Å². The van der Waals surface area contributed by atoms with Crippen molar-refractivity contribution in [1.29, 1.82) is 0 Å². The summed E-state index contributed by atoms with van der Waals surface area (Å²) in [7, 11) is -4.25. The topological polar surface area (TPSA) is 162 Å². The number of hydrogen-bond donors (Lipinski definition) is 3. The van der Waals surface area contributed by atoms with E-state index in [2.05, 4.69) is 25.8 Å². The van der Waals surface area contributed by atoms with Crippen LogP contribution in [0.15, 0.2) is 6.33 Å². The Bertz CT molecular complexity index is 777. The second-order valence-electron chi connectivity index (χ2n) is 5.22. The number of aromatic nitrogens is 5. The highest BCUT2D eigenvalue weighted by Crippen LogP contribution is 2.34. The van der Waals surface area contributed by atoms with Crippen LogP contribution in [0, 0.1) is 0 Å². The summed E-state index contributed by atoms with van der Waals surface area (Å²) in [6.07, 6.45) is 0.677. The Labute approximate surface area is 142 Å². The van der Waals surface area contributed by atoms with E-state index < -0.39 is 26.0 Å². The number of carbonyl (C=O) groups excluding carboxylic acids is 1. The lowest BCUT2D eigenvalue weighted by atomic mass is 10.3. The highest BCUT2D eigenvalue weighted by Gasteiger charge is 2.20. The Hall–Kier alpha value is -1.98. The molecule has 138 valence electrons. The van der Waals surface area contributed by atoms with E-state index in [1.807, 2.05) is 6.92 Å². The van der Waals surface area contributed by atoms with Crippen molar-refractivity contribution in [3.63, 3.8) is 0 Å². The van der Waals surface area contributed by atoms with Gasteiger partial charge >= 0.3 is 7.60 Å². The number of nitrogens with one attached hydrogen (secondary N) is 1. The van der Waals surface area contributed by atoms with Crippen molar-refractivity contribution in [2.75, 3.05) is 13.0 Å². The lowest BCUT2D eigenvalue weighted by molar-refractivity contribution is 0.0312. The van der Waals surface area contributed by atoms with Gasteiger partial charge in [0.2, 0.25) is 0 Å². The predicted molar refractivity (Wildman–Crippen MR) is 84.3 cm³/mol. The number of hydroxylamine groups is 1. The number of fused-ring (bicyclic) bond motifs is 1. The van der Waals surface area contributed by atoms with Crippen molar-refractivity contribution in [3.8, 4) is 0 Å². The van der Waals surface area contributed by atoms with Crippen LogP contribution in [0.3, 0.4) is 0 Å². The fraction of sp³-hybridized carbons (Fsp3) is 0.583. The first-order valence-electron chi connectivity index (χ1n) is 7.44. The summed E-state index contributed by atoms with van der Waals surface area (Å²) in [5.41, 5.74) is 2.75. The fourth-order valence-corrected chi connectivity index (χ4v) is 2.32. The zero-order valence-electron chi connectivity index (χ0n) is 13.7. The molecular formula is C12H19N6O6P. The van der Waals surface area contributed by atoms with Crippen molar-refractivity contribution in [2.45, 2.75) is 32.9 Å². The third kappa shape index (κ3) is 5.51. The van der Waals surface area contributed by atoms with Gasteiger partial charge in [-0.25, -0.2) is 20.1 Å². The van der Waals surface area contributed by atoms with E-state index in [0.717, 1.165) is 6.42 Å². The Morgan fingerprint density at radius 1 is 1.44 bits per heavy atom. The summed E-state index contributed by atoms with van der Waals surface area (Å²) in [6, 6.07) is 0. The van der Waals surface area contributed by atoms with Crippen LogP contribution in [-0.2, 0) is 20.7 Å². The molecule has 0 aliphatic carbocycles. The summed E-state index contributed by atoms with van der Waals surface area (Å²) in [4.78, 5) is 42.6. The number of ether oxygens (including phenoxy) is 1. The smallest absolute Gasteiger partial charge is 0.350 e. The van der Waals surface area contributed by atoms with E-state index in [9.17, 15) is 9.36 Å². The fourth-order valence-electron chi connectivity index (χ4n) is 1.87. The maximum atomic E-state index is 12.1. The van der Waals surface area contributed by atoms with Gasteiger partial charge in [0.05, 0.1) is 19.3 Å². The average Bonchev–Trinajstić information content (AvgIpc) is 2.95. The molecule has 0 aromatic carbocycles. The second kappa shape index (κ2) is 8.41. The molecule has 0 fully saturated rings. The molecular weight excluding hydrogens is 355 g/mol. The van der Waals surface area contributed by atoms with Crippen LogP contribution in [0.4, 0.5) is 0 Å². The normalized spacial score (nSPS) is 13.1. The molecule has 2 aromatic rings. The van der Waals surface area contributed by atoms with Crippen LogP contribution in [0.25, 0.3) is 11.2 Å². The minimum atomic E-state index is -4.25. The maximum Gasteiger partial charge on any atom is 0.350 e. The quantitative estimate of drug-likeness (QED) is 0.305. The monoisotopic (exact) mass is 374 g/mol. The summed E-state index contributed by atoms with van der Waals surface area (Å²) < 4.78 is 17.3. The lowest BCUT2D eigenvalue weighted by Crippen LogP contribution is -2.25. The lowest BCUT2D eigenvalue weighted by Gasteiger charge is -2.13. The van der Waals surface area contributed by atoms with Crippen molar-refractivity contribution in [3.05, 3.63) is 12.0 Å². The van der Waals surface area contributed by atoms with Gasteiger partial charge < -0.3 is 14.5 Å². The third-order valence-corrected chi connectivity index (χ3v) is 3.43. The highest BCUT2D eigenvalue weighted by molar-refractivity contribution is 7.51. The van der Waals surface area contributed by atoms with Gasteiger partial charge in [0.15, 0.2) is 16.9 Å². The average molecular weight is 374 g/mol. The Kier molecular flexibility index (Phi) is 6.51. The number of rotatable bonds is 9. The molecule has 1 amide bonds. The molecule has 0 aliphatic rings. The van der Waals surface area contributed by atoms with Crippen LogP contribution in [0.5, 0.6) is 0 Å². The van der Waals surface area contributed by atoms with Crippen molar-refractivity contribution in [2.24, 2.45) is 0 Å². The van der Waals surface area contributed by atoms with E-state index in [-0.39, 0.29) is 17.8 Å². The molecule has 2 rings (SSSR count). The molecule has 0 spiro atoms. The maximum absolute atomic E-state index is 12.1. The first-order valence-corrected chi connectivity index (χ1v) is 9.24. The first kappa shape index (κ1) is 19.3. The molecule has 13 heteroatoms. The zero-order valence-corrected chi connectivity index (χ0v) is 14.6. The number of amides is 1. The molecule has 3 N–H and O–H groups in total. The molecule has 0 radical (unpaired) electrons. The molecule has 2 aromatic heterocycles. The van der Waals surface area contributed by atoms with Crippen molar-refractivity contribution < 1.29 is 28.7 Å². The molecule has 0 saturated heterocycles. The molecule has 12 nitrogen and oxygen atoms in total. The number of nitrogens with zero attached hydrogens (tertiary/aromatic N) is 5. The molecule has 0 aliphatic heterocycles. The largest absolute Gasteiger partial charge is 0.364 e. The van der Waals surface area contributed by atoms with Gasteiger partial charge in [-0.05, 0) is 13.3 Å². The van der Waals surface area contributed by atoms with Gasteiger partial charge in [0.1, 0.15) is 12.7 Å². The van der Waals surface area contributed by atoms with Gasteiger partial charge in [-0.2, -0.15) is 0 Å². The van der Waals surface area contributed by atoms with Crippen LogP contribution in [0.1, 0.15) is 30.8 Å². The Morgan fingerprint density at radius 2 is 2.20 bits per heavy atom. The van der Waals surface area contributed by atoms with E-state index in [4.69, 9.17) is 19.4 Å². The van der Waals surface area contributed by atoms with E-state index in [1.165, 1.54) is 11.0 Å².